The van der Waals surface area contributed by atoms with Crippen LogP contribution < -0.4 is 15.8 Å². The molecule has 1 heterocycles. The molecule has 0 fully saturated rings. The Balaban J connectivity index is 2.33. The van der Waals surface area contributed by atoms with Gasteiger partial charge in [-0.15, -0.1) is 0 Å². The molecular formula is C10H12N2O3. The van der Waals surface area contributed by atoms with Gasteiger partial charge in [0.15, 0.2) is 0 Å². The summed E-state index contributed by atoms with van der Waals surface area (Å²) in [5.41, 5.74) is 6.96. The molecule has 0 saturated carbocycles. The van der Waals surface area contributed by atoms with Crippen LogP contribution in [0.15, 0.2) is 18.2 Å². The van der Waals surface area contributed by atoms with Crippen LogP contribution in [-0.2, 0) is 4.79 Å². The van der Waals surface area contributed by atoms with Gasteiger partial charge in [-0.1, -0.05) is 0 Å². The number of rotatable bonds is 1. The summed E-state index contributed by atoms with van der Waals surface area (Å²) in [5, 5.41) is 11.9. The van der Waals surface area contributed by atoms with Gasteiger partial charge in [-0.3, -0.25) is 0 Å². The predicted molar refractivity (Wildman–Crippen MR) is 56.0 cm³/mol. The van der Waals surface area contributed by atoms with Crippen molar-refractivity contribution in [3.63, 3.8) is 0 Å². The van der Waals surface area contributed by atoms with Gasteiger partial charge < -0.3 is 20.9 Å². The Morgan fingerprint density at radius 3 is 3.00 bits per heavy atom. The summed E-state index contributed by atoms with van der Waals surface area (Å²) in [6.45, 7) is 1.75. The molecule has 80 valence electrons. The second kappa shape index (κ2) is 3.34. The van der Waals surface area contributed by atoms with E-state index in [0.717, 1.165) is 5.69 Å². The topological polar surface area (TPSA) is 84.6 Å². The first kappa shape index (κ1) is 9.64. The number of nitrogens with one attached hydrogen (secondary N) is 1. The molecule has 0 radical (unpaired) electrons. The van der Waals surface area contributed by atoms with Crippen molar-refractivity contribution in [3.05, 3.63) is 18.2 Å². The molecule has 1 aliphatic heterocycles. The van der Waals surface area contributed by atoms with Crippen LogP contribution in [0.3, 0.4) is 0 Å². The molecule has 1 aromatic carbocycles. The highest BCUT2D eigenvalue weighted by Gasteiger charge is 2.31. The van der Waals surface area contributed by atoms with Gasteiger partial charge in [-0.2, -0.15) is 0 Å². The van der Waals surface area contributed by atoms with Crippen molar-refractivity contribution < 1.29 is 14.6 Å². The van der Waals surface area contributed by atoms with Crippen LogP contribution in [0.25, 0.3) is 0 Å². The van der Waals surface area contributed by atoms with Gasteiger partial charge in [-0.25, -0.2) is 4.79 Å². The van der Waals surface area contributed by atoms with Gasteiger partial charge in [0, 0.05) is 5.69 Å². The average molecular weight is 208 g/mol. The van der Waals surface area contributed by atoms with Crippen molar-refractivity contribution >= 4 is 17.3 Å². The van der Waals surface area contributed by atoms with Gasteiger partial charge in [0.05, 0.1) is 11.7 Å². The zero-order valence-corrected chi connectivity index (χ0v) is 8.23. The molecule has 0 bridgehead atoms. The fourth-order valence-corrected chi connectivity index (χ4v) is 1.59. The third-order valence-electron chi connectivity index (χ3n) is 2.34. The number of ether oxygens (including phenoxy) is 1. The minimum absolute atomic E-state index is 0.281. The maximum atomic E-state index is 10.9. The minimum Gasteiger partial charge on any atom is -0.478 e. The number of nitrogens with two attached hydrogens (primary N) is 1. The molecule has 0 aromatic heterocycles. The third-order valence-corrected chi connectivity index (χ3v) is 2.34. The smallest absolute Gasteiger partial charge is 0.347 e. The lowest BCUT2D eigenvalue weighted by Crippen LogP contribution is -2.44. The Morgan fingerprint density at radius 2 is 2.33 bits per heavy atom. The number of carboxylic acids is 1. The molecule has 2 unspecified atom stereocenters. The summed E-state index contributed by atoms with van der Waals surface area (Å²) in [5.74, 6) is -0.452. The Morgan fingerprint density at radius 1 is 1.60 bits per heavy atom. The van der Waals surface area contributed by atoms with Gasteiger partial charge in [-0.05, 0) is 25.1 Å². The van der Waals surface area contributed by atoms with Crippen molar-refractivity contribution in [3.8, 4) is 5.75 Å². The molecule has 0 saturated heterocycles. The number of benzene rings is 1. The molecule has 1 aliphatic rings. The first-order chi connectivity index (χ1) is 7.08. The largest absolute Gasteiger partial charge is 0.478 e. The van der Waals surface area contributed by atoms with Gasteiger partial charge in [0.25, 0.3) is 0 Å². The van der Waals surface area contributed by atoms with Crippen LogP contribution >= 0.6 is 0 Å². The maximum absolute atomic E-state index is 10.9. The summed E-state index contributed by atoms with van der Waals surface area (Å²) < 4.78 is 5.34. The Bertz CT molecular complexity index is 406. The van der Waals surface area contributed by atoms with Crippen LogP contribution in [0.1, 0.15) is 6.92 Å². The molecule has 5 nitrogen and oxygen atoms in total. The molecule has 1 aromatic rings. The number of fused-ring (bicyclic) bond motifs is 1. The van der Waals surface area contributed by atoms with E-state index < -0.39 is 12.1 Å². The summed E-state index contributed by atoms with van der Waals surface area (Å²) in [6, 6.07) is 4.79. The fraction of sp³-hybridized carbons (Fsp3) is 0.300. The average Bonchev–Trinajstić information content (AvgIpc) is 2.15. The number of anilines is 2. The number of carboxylic acid groups (broad SMARTS) is 1. The molecule has 0 aliphatic carbocycles. The monoisotopic (exact) mass is 208 g/mol. The third kappa shape index (κ3) is 1.68. The minimum atomic E-state index is -0.975. The Hall–Kier alpha value is -1.91. The Labute approximate surface area is 86.8 Å². The van der Waals surface area contributed by atoms with E-state index in [4.69, 9.17) is 15.6 Å². The van der Waals surface area contributed by atoms with E-state index in [-0.39, 0.29) is 6.04 Å². The van der Waals surface area contributed by atoms with Crippen molar-refractivity contribution in [1.82, 2.24) is 0 Å². The highest BCUT2D eigenvalue weighted by Crippen LogP contribution is 2.32. The number of carbonyl (C=O) groups is 1. The normalized spacial score (nSPS) is 23.5. The molecule has 15 heavy (non-hydrogen) atoms. The van der Waals surface area contributed by atoms with Gasteiger partial charge in [0.1, 0.15) is 5.75 Å². The zero-order chi connectivity index (χ0) is 11.0. The highest BCUT2D eigenvalue weighted by molar-refractivity contribution is 5.77. The van der Waals surface area contributed by atoms with Crippen molar-refractivity contribution in [2.45, 2.75) is 19.1 Å². The molecule has 2 atom stereocenters. The van der Waals surface area contributed by atoms with E-state index in [1.54, 1.807) is 25.1 Å². The summed E-state index contributed by atoms with van der Waals surface area (Å²) in [7, 11) is 0. The van der Waals surface area contributed by atoms with Crippen LogP contribution in [0.4, 0.5) is 11.4 Å². The van der Waals surface area contributed by atoms with Crippen LogP contribution in [0.5, 0.6) is 5.75 Å². The zero-order valence-electron chi connectivity index (χ0n) is 8.23. The number of aliphatic carboxylic acids is 1. The van der Waals surface area contributed by atoms with Gasteiger partial charge in [0.2, 0.25) is 6.10 Å². The van der Waals surface area contributed by atoms with E-state index in [9.17, 15) is 4.79 Å². The molecule has 4 N–H and O–H groups in total. The van der Waals surface area contributed by atoms with E-state index in [1.807, 2.05) is 0 Å². The lowest BCUT2D eigenvalue weighted by atomic mass is 10.1. The number of hydrogen-bond donors (Lipinski definition) is 3. The maximum Gasteiger partial charge on any atom is 0.347 e. The van der Waals surface area contributed by atoms with Gasteiger partial charge >= 0.3 is 5.97 Å². The SMILES string of the molecule is CC1Nc2cc(N)ccc2OC1C(=O)O. The molecule has 0 spiro atoms. The van der Waals surface area contributed by atoms with Crippen molar-refractivity contribution in [2.24, 2.45) is 0 Å². The summed E-state index contributed by atoms with van der Waals surface area (Å²) in [6.07, 6.45) is -0.860. The lowest BCUT2D eigenvalue weighted by molar-refractivity contribution is -0.145. The van der Waals surface area contributed by atoms with Crippen molar-refractivity contribution in [2.75, 3.05) is 11.1 Å². The quantitative estimate of drug-likeness (QED) is 0.597. The number of hydrogen-bond acceptors (Lipinski definition) is 4. The first-order valence-corrected chi connectivity index (χ1v) is 4.63. The van der Waals surface area contributed by atoms with Crippen LogP contribution in [0, 0.1) is 0 Å². The number of nitrogen functional groups attached to an aromatic ring is 1. The van der Waals surface area contributed by atoms with E-state index in [2.05, 4.69) is 5.32 Å². The summed E-state index contributed by atoms with van der Waals surface area (Å²) in [4.78, 5) is 10.9. The summed E-state index contributed by atoms with van der Waals surface area (Å²) >= 11 is 0. The highest BCUT2D eigenvalue weighted by atomic mass is 16.5. The molecule has 5 heteroatoms. The standard InChI is InChI=1S/C10H12N2O3/c1-5-9(10(13)14)15-8-3-2-6(11)4-7(8)12-5/h2-5,9,12H,11H2,1H3,(H,13,14). The first-order valence-electron chi connectivity index (χ1n) is 4.63. The van der Waals surface area contributed by atoms with Crippen molar-refractivity contribution in [1.29, 1.82) is 0 Å². The van der Waals surface area contributed by atoms with Crippen LogP contribution in [-0.4, -0.2) is 23.2 Å². The second-order valence-electron chi connectivity index (χ2n) is 3.57. The molecule has 0 amide bonds. The second-order valence-corrected chi connectivity index (χ2v) is 3.57. The van der Waals surface area contributed by atoms with E-state index >= 15 is 0 Å². The predicted octanol–water partition coefficient (Wildman–Crippen LogP) is 0.915. The lowest BCUT2D eigenvalue weighted by Gasteiger charge is -2.30. The Kier molecular flexibility index (Phi) is 2.15. The van der Waals surface area contributed by atoms with Crippen LogP contribution in [0.2, 0.25) is 0 Å². The van der Waals surface area contributed by atoms with E-state index in [1.165, 1.54) is 0 Å². The molecule has 2 rings (SSSR count). The van der Waals surface area contributed by atoms with E-state index in [0.29, 0.717) is 11.4 Å². The molecular weight excluding hydrogens is 196 g/mol. The fourth-order valence-electron chi connectivity index (χ4n) is 1.59.